The number of ether oxygens (including phenoxy) is 1. The van der Waals surface area contributed by atoms with Gasteiger partial charge in [-0.1, -0.05) is 0 Å². The van der Waals surface area contributed by atoms with Gasteiger partial charge in [-0.3, -0.25) is 14.9 Å². The van der Waals surface area contributed by atoms with E-state index in [0.29, 0.717) is 30.8 Å². The number of nitrogens with zero attached hydrogens (tertiary/aromatic N) is 1. The Morgan fingerprint density at radius 2 is 2.16 bits per heavy atom. The van der Waals surface area contributed by atoms with Gasteiger partial charge in [-0.15, -0.1) is 0 Å². The first kappa shape index (κ1) is 14.7. The van der Waals surface area contributed by atoms with Crippen LogP contribution in [0.1, 0.15) is 19.3 Å². The van der Waals surface area contributed by atoms with E-state index in [9.17, 15) is 14.9 Å². The van der Waals surface area contributed by atoms with Gasteiger partial charge in [0.15, 0.2) is 0 Å². The summed E-state index contributed by atoms with van der Waals surface area (Å²) in [6.45, 7) is 0.609. The van der Waals surface area contributed by atoms with Gasteiger partial charge >= 0.3 is 0 Å². The number of anilines is 1. The molecule has 7 heteroatoms. The molecule has 0 radical (unpaired) electrons. The Morgan fingerprint density at radius 1 is 1.42 bits per heavy atom. The first-order chi connectivity index (χ1) is 9.02. The van der Waals surface area contributed by atoms with Gasteiger partial charge < -0.3 is 15.8 Å². The highest BCUT2D eigenvalue weighted by atomic mass is 16.6. The quantitative estimate of drug-likeness (QED) is 0.423. The molecule has 104 valence electrons. The maximum Gasteiger partial charge on any atom is 0.275 e. The van der Waals surface area contributed by atoms with Gasteiger partial charge in [0, 0.05) is 30.8 Å². The fraction of sp³-hybridized carbons (Fsp3) is 0.417. The Labute approximate surface area is 110 Å². The monoisotopic (exact) mass is 267 g/mol. The standard InChI is InChI=1S/C12H17N3O4/c1-19-11-7-9(6-10(8-11)15(17)18)14-5-3-2-4-12(13)16/h6-8,14H,2-5H2,1H3,(H2,13,16). The minimum absolute atomic E-state index is 0.0287. The molecule has 0 saturated heterocycles. The molecule has 1 aromatic rings. The molecule has 1 rings (SSSR count). The Hall–Kier alpha value is -2.31. The summed E-state index contributed by atoms with van der Waals surface area (Å²) in [6, 6.07) is 4.48. The smallest absolute Gasteiger partial charge is 0.275 e. The van der Waals surface area contributed by atoms with Crippen molar-refractivity contribution in [3.05, 3.63) is 28.3 Å². The number of rotatable bonds is 8. The highest BCUT2D eigenvalue weighted by Crippen LogP contribution is 2.25. The number of carbonyl (C=O) groups excluding carboxylic acids is 1. The molecule has 0 aromatic heterocycles. The molecule has 0 bridgehead atoms. The number of non-ortho nitro benzene ring substituents is 1. The zero-order chi connectivity index (χ0) is 14.3. The largest absolute Gasteiger partial charge is 0.496 e. The predicted molar refractivity (Wildman–Crippen MR) is 71.2 cm³/mol. The lowest BCUT2D eigenvalue weighted by Crippen LogP contribution is -2.11. The lowest BCUT2D eigenvalue weighted by molar-refractivity contribution is -0.384. The third kappa shape index (κ3) is 5.24. The van der Waals surface area contributed by atoms with Crippen molar-refractivity contribution in [3.8, 4) is 5.75 Å². The van der Waals surface area contributed by atoms with Crippen LogP contribution in [-0.2, 0) is 4.79 Å². The maximum atomic E-state index is 10.7. The summed E-state index contributed by atoms with van der Waals surface area (Å²) in [7, 11) is 1.45. The van der Waals surface area contributed by atoms with Gasteiger partial charge in [0.1, 0.15) is 5.75 Å². The van der Waals surface area contributed by atoms with Crippen LogP contribution in [0.4, 0.5) is 11.4 Å². The fourth-order valence-corrected chi connectivity index (χ4v) is 1.57. The van der Waals surface area contributed by atoms with E-state index in [1.165, 1.54) is 19.2 Å². The number of unbranched alkanes of at least 4 members (excludes halogenated alkanes) is 1. The van der Waals surface area contributed by atoms with E-state index in [-0.39, 0.29) is 11.6 Å². The van der Waals surface area contributed by atoms with E-state index in [4.69, 9.17) is 10.5 Å². The van der Waals surface area contributed by atoms with E-state index in [0.717, 1.165) is 6.42 Å². The van der Waals surface area contributed by atoms with Gasteiger partial charge in [0.05, 0.1) is 18.1 Å². The molecule has 7 nitrogen and oxygen atoms in total. The van der Waals surface area contributed by atoms with Crippen LogP contribution >= 0.6 is 0 Å². The molecule has 0 aliphatic carbocycles. The van der Waals surface area contributed by atoms with E-state index < -0.39 is 4.92 Å². The predicted octanol–water partition coefficient (Wildman–Crippen LogP) is 1.67. The normalized spacial score (nSPS) is 9.95. The topological polar surface area (TPSA) is 107 Å². The number of nitro benzene ring substituents is 1. The number of amides is 1. The van der Waals surface area contributed by atoms with Crippen LogP contribution in [0.25, 0.3) is 0 Å². The maximum absolute atomic E-state index is 10.7. The summed E-state index contributed by atoms with van der Waals surface area (Å²) in [6.07, 6.45) is 1.79. The minimum atomic E-state index is -0.471. The first-order valence-corrected chi connectivity index (χ1v) is 5.88. The fourth-order valence-electron chi connectivity index (χ4n) is 1.57. The van der Waals surface area contributed by atoms with E-state index in [1.807, 2.05) is 0 Å². The van der Waals surface area contributed by atoms with Crippen LogP contribution in [0, 0.1) is 10.1 Å². The average molecular weight is 267 g/mol. The van der Waals surface area contributed by atoms with Crippen molar-refractivity contribution >= 4 is 17.3 Å². The average Bonchev–Trinajstić information content (AvgIpc) is 2.37. The molecule has 19 heavy (non-hydrogen) atoms. The number of hydrogen-bond donors (Lipinski definition) is 2. The number of methoxy groups -OCH3 is 1. The number of primary amides is 1. The number of nitro groups is 1. The van der Waals surface area contributed by atoms with Crippen LogP contribution in [0.3, 0.4) is 0 Å². The third-order valence-electron chi connectivity index (χ3n) is 2.52. The number of nitrogens with two attached hydrogens (primary N) is 1. The lowest BCUT2D eigenvalue weighted by Gasteiger charge is -2.08. The molecule has 0 fully saturated rings. The highest BCUT2D eigenvalue weighted by molar-refractivity contribution is 5.73. The molecule has 0 aliphatic heterocycles. The minimum Gasteiger partial charge on any atom is -0.496 e. The van der Waals surface area contributed by atoms with E-state index in [1.54, 1.807) is 6.07 Å². The molecule has 0 atom stereocenters. The Morgan fingerprint density at radius 3 is 2.74 bits per heavy atom. The van der Waals surface area contributed by atoms with E-state index >= 15 is 0 Å². The van der Waals surface area contributed by atoms with Crippen LogP contribution in [-0.4, -0.2) is 24.5 Å². The molecule has 1 aromatic carbocycles. The summed E-state index contributed by atoms with van der Waals surface area (Å²) in [5, 5.41) is 13.8. The van der Waals surface area contributed by atoms with Crippen LogP contribution in [0.5, 0.6) is 5.75 Å². The Balaban J connectivity index is 2.55. The van der Waals surface area contributed by atoms with Crippen molar-refractivity contribution in [2.45, 2.75) is 19.3 Å². The van der Waals surface area contributed by atoms with Gasteiger partial charge in [-0.05, 0) is 12.8 Å². The van der Waals surface area contributed by atoms with Crippen LogP contribution < -0.4 is 15.8 Å². The molecule has 0 saturated carbocycles. The van der Waals surface area contributed by atoms with Crippen molar-refractivity contribution < 1.29 is 14.5 Å². The highest BCUT2D eigenvalue weighted by Gasteiger charge is 2.09. The molecule has 0 heterocycles. The number of carbonyl (C=O) groups is 1. The van der Waals surface area contributed by atoms with Crippen molar-refractivity contribution in [2.75, 3.05) is 19.0 Å². The second-order valence-electron chi connectivity index (χ2n) is 4.03. The van der Waals surface area contributed by atoms with Gasteiger partial charge in [0.25, 0.3) is 5.69 Å². The molecular weight excluding hydrogens is 250 g/mol. The molecule has 0 spiro atoms. The second kappa shape index (κ2) is 7.20. The zero-order valence-corrected chi connectivity index (χ0v) is 10.7. The van der Waals surface area contributed by atoms with Gasteiger partial charge in [-0.25, -0.2) is 0 Å². The molecule has 3 N–H and O–H groups in total. The zero-order valence-electron chi connectivity index (χ0n) is 10.7. The summed E-state index contributed by atoms with van der Waals surface area (Å²) in [5.74, 6) is 0.103. The van der Waals surface area contributed by atoms with E-state index in [2.05, 4.69) is 5.32 Å². The summed E-state index contributed by atoms with van der Waals surface area (Å²) >= 11 is 0. The van der Waals surface area contributed by atoms with Crippen molar-refractivity contribution in [1.82, 2.24) is 0 Å². The number of nitrogens with one attached hydrogen (secondary N) is 1. The summed E-state index contributed by atoms with van der Waals surface area (Å²) < 4.78 is 5.00. The Bertz CT molecular complexity index is 462. The van der Waals surface area contributed by atoms with Crippen LogP contribution in [0.15, 0.2) is 18.2 Å². The van der Waals surface area contributed by atoms with Crippen molar-refractivity contribution in [3.63, 3.8) is 0 Å². The van der Waals surface area contributed by atoms with Crippen molar-refractivity contribution in [2.24, 2.45) is 5.73 Å². The summed E-state index contributed by atoms with van der Waals surface area (Å²) in [4.78, 5) is 20.8. The number of benzene rings is 1. The van der Waals surface area contributed by atoms with Crippen LogP contribution in [0.2, 0.25) is 0 Å². The molecule has 0 unspecified atom stereocenters. The molecular formula is C12H17N3O4. The first-order valence-electron chi connectivity index (χ1n) is 5.88. The third-order valence-corrected chi connectivity index (χ3v) is 2.52. The second-order valence-corrected chi connectivity index (χ2v) is 4.03. The number of hydrogen-bond acceptors (Lipinski definition) is 5. The molecule has 1 amide bonds. The summed E-state index contributed by atoms with van der Waals surface area (Å²) in [5.41, 5.74) is 5.61. The van der Waals surface area contributed by atoms with Gasteiger partial charge in [0.2, 0.25) is 5.91 Å². The SMILES string of the molecule is COc1cc(NCCCCC(N)=O)cc([N+](=O)[O-])c1. The Kier molecular flexibility index (Phi) is 5.59. The van der Waals surface area contributed by atoms with Gasteiger partial charge in [-0.2, -0.15) is 0 Å². The van der Waals surface area contributed by atoms with Crippen molar-refractivity contribution in [1.29, 1.82) is 0 Å². The molecule has 0 aliphatic rings. The lowest BCUT2D eigenvalue weighted by atomic mass is 10.2.